The zero-order chi connectivity index (χ0) is 14.7. The molecule has 0 aliphatic rings. The summed E-state index contributed by atoms with van der Waals surface area (Å²) in [5, 5.41) is 17.8. The second kappa shape index (κ2) is 6.02. The second-order valence-electron chi connectivity index (χ2n) is 4.61. The molecule has 2 N–H and O–H groups in total. The Morgan fingerprint density at radius 1 is 1.29 bits per heavy atom. The minimum absolute atomic E-state index is 0.214. The molecule has 2 aromatic heterocycles. The number of hydrogen-bond donors (Lipinski definition) is 2. The molecule has 0 aliphatic carbocycles. The normalized spacial score (nSPS) is 12.4. The first-order chi connectivity index (χ1) is 10.2. The second-order valence-corrected chi connectivity index (χ2v) is 5.57. The molecule has 0 amide bonds. The summed E-state index contributed by atoms with van der Waals surface area (Å²) in [6, 6.07) is 11.2. The number of anilines is 1. The van der Waals surface area contributed by atoms with Crippen LogP contribution in [0.25, 0.3) is 4.96 Å². The van der Waals surface area contributed by atoms with Crippen molar-refractivity contribution in [3.8, 4) is 0 Å². The average molecular weight is 302 g/mol. The minimum Gasteiger partial charge on any atom is -0.391 e. The van der Waals surface area contributed by atoms with Crippen molar-refractivity contribution in [2.24, 2.45) is 0 Å². The molecule has 0 saturated heterocycles. The molecule has 7 heteroatoms. The first kappa shape index (κ1) is 13.7. The highest BCUT2D eigenvalue weighted by molar-refractivity contribution is 7.20. The molecule has 0 radical (unpaired) electrons. The number of nitrogens with zero attached hydrogens (tertiary/aromatic N) is 3. The van der Waals surface area contributed by atoms with Gasteiger partial charge in [-0.3, -0.25) is 4.79 Å². The lowest BCUT2D eigenvalue weighted by Crippen LogP contribution is -2.22. The monoisotopic (exact) mass is 302 g/mol. The van der Waals surface area contributed by atoms with E-state index in [0.717, 1.165) is 5.56 Å². The number of aliphatic hydroxyl groups is 1. The number of fused-ring (bicyclic) bond motifs is 1. The van der Waals surface area contributed by atoms with Crippen LogP contribution < -0.4 is 10.9 Å². The van der Waals surface area contributed by atoms with Crippen molar-refractivity contribution >= 4 is 21.4 Å². The number of hydrogen-bond acceptors (Lipinski definition) is 6. The van der Waals surface area contributed by atoms with Gasteiger partial charge in [0.25, 0.3) is 5.56 Å². The van der Waals surface area contributed by atoms with Gasteiger partial charge in [-0.1, -0.05) is 41.7 Å². The molecule has 0 aliphatic heterocycles. The lowest BCUT2D eigenvalue weighted by molar-refractivity contribution is 0.188. The summed E-state index contributed by atoms with van der Waals surface area (Å²) in [6.45, 7) is 0.365. The van der Waals surface area contributed by atoms with Crippen molar-refractivity contribution in [1.82, 2.24) is 14.6 Å². The molecule has 21 heavy (non-hydrogen) atoms. The van der Waals surface area contributed by atoms with Crippen molar-refractivity contribution in [3.63, 3.8) is 0 Å². The van der Waals surface area contributed by atoms with Crippen LogP contribution in [0.4, 0.5) is 5.13 Å². The smallest absolute Gasteiger partial charge is 0.275 e. The van der Waals surface area contributed by atoms with Gasteiger partial charge in [0, 0.05) is 25.2 Å². The van der Waals surface area contributed by atoms with Gasteiger partial charge >= 0.3 is 0 Å². The third-order valence-corrected chi connectivity index (χ3v) is 3.85. The molecule has 1 atom stereocenters. The van der Waals surface area contributed by atoms with Gasteiger partial charge in [0.05, 0.1) is 6.10 Å². The Bertz CT molecular complexity index is 784. The Hall–Kier alpha value is -2.25. The number of nitrogens with one attached hydrogen (secondary N) is 1. The van der Waals surface area contributed by atoms with Gasteiger partial charge < -0.3 is 10.4 Å². The lowest BCUT2D eigenvalue weighted by atomic mass is 10.1. The summed E-state index contributed by atoms with van der Waals surface area (Å²) < 4.78 is 1.25. The van der Waals surface area contributed by atoms with Crippen LogP contribution in [0.1, 0.15) is 5.56 Å². The van der Waals surface area contributed by atoms with E-state index in [0.29, 0.717) is 23.1 Å². The topological polar surface area (TPSA) is 79.5 Å². The lowest BCUT2D eigenvalue weighted by Gasteiger charge is -2.10. The molecule has 3 rings (SSSR count). The van der Waals surface area contributed by atoms with Crippen LogP contribution in [-0.4, -0.2) is 32.4 Å². The highest BCUT2D eigenvalue weighted by Gasteiger charge is 2.09. The van der Waals surface area contributed by atoms with E-state index < -0.39 is 6.10 Å². The molecule has 0 spiro atoms. The predicted molar refractivity (Wildman–Crippen MR) is 81.8 cm³/mol. The summed E-state index contributed by atoms with van der Waals surface area (Å²) in [6.07, 6.45) is 1.50. The summed E-state index contributed by atoms with van der Waals surface area (Å²) in [5.74, 6) is 0. The zero-order valence-electron chi connectivity index (χ0n) is 11.1. The van der Waals surface area contributed by atoms with E-state index in [2.05, 4.69) is 15.4 Å². The predicted octanol–water partition coefficient (Wildman–Crippen LogP) is 1.17. The number of aliphatic hydroxyl groups excluding tert-OH is 1. The summed E-state index contributed by atoms with van der Waals surface area (Å²) in [7, 11) is 0. The molecule has 1 unspecified atom stereocenters. The van der Waals surface area contributed by atoms with Crippen molar-refractivity contribution in [2.75, 3.05) is 11.9 Å². The molecule has 2 heterocycles. The standard InChI is InChI=1S/C14H14N4O2S/c19-11(8-10-4-2-1-3-5-10)9-16-13-17-18-12(20)6-7-15-14(18)21-13/h1-7,11,19H,8-9H2,(H,16,17). The van der Waals surface area contributed by atoms with E-state index in [1.54, 1.807) is 0 Å². The van der Waals surface area contributed by atoms with Gasteiger partial charge in [-0.15, -0.1) is 5.10 Å². The average Bonchev–Trinajstić information content (AvgIpc) is 2.91. The van der Waals surface area contributed by atoms with Crippen LogP contribution in [0.2, 0.25) is 0 Å². The summed E-state index contributed by atoms with van der Waals surface area (Å²) in [5.41, 5.74) is 0.864. The summed E-state index contributed by atoms with van der Waals surface area (Å²) in [4.78, 5) is 16.2. The van der Waals surface area contributed by atoms with Crippen LogP contribution in [-0.2, 0) is 6.42 Å². The van der Waals surface area contributed by atoms with E-state index in [1.165, 1.54) is 28.1 Å². The van der Waals surface area contributed by atoms with Gasteiger partial charge in [0.15, 0.2) is 0 Å². The minimum atomic E-state index is -0.524. The number of benzene rings is 1. The van der Waals surface area contributed by atoms with Crippen LogP contribution in [0.5, 0.6) is 0 Å². The Morgan fingerprint density at radius 3 is 2.86 bits per heavy atom. The van der Waals surface area contributed by atoms with E-state index >= 15 is 0 Å². The number of aromatic nitrogens is 3. The molecule has 0 fully saturated rings. The fourth-order valence-electron chi connectivity index (χ4n) is 1.98. The SMILES string of the molecule is O=c1ccnc2sc(NCC(O)Cc3ccccc3)nn12. The Kier molecular flexibility index (Phi) is 3.94. The van der Waals surface area contributed by atoms with Crippen molar-refractivity contribution in [1.29, 1.82) is 0 Å². The maximum atomic E-state index is 11.6. The van der Waals surface area contributed by atoms with Crippen LogP contribution >= 0.6 is 11.3 Å². The van der Waals surface area contributed by atoms with Crippen molar-refractivity contribution in [3.05, 3.63) is 58.5 Å². The fourth-order valence-corrected chi connectivity index (χ4v) is 2.76. The highest BCUT2D eigenvalue weighted by atomic mass is 32.1. The highest BCUT2D eigenvalue weighted by Crippen LogP contribution is 2.15. The molecule has 108 valence electrons. The molecule has 0 saturated carbocycles. The van der Waals surface area contributed by atoms with Gasteiger partial charge in [-0.25, -0.2) is 4.98 Å². The third-order valence-electron chi connectivity index (χ3n) is 2.97. The van der Waals surface area contributed by atoms with Crippen LogP contribution in [0.15, 0.2) is 47.4 Å². The first-order valence-electron chi connectivity index (χ1n) is 6.53. The Labute approximate surface area is 124 Å². The molecule has 3 aromatic rings. The quantitative estimate of drug-likeness (QED) is 0.739. The van der Waals surface area contributed by atoms with Crippen molar-refractivity contribution < 1.29 is 5.11 Å². The largest absolute Gasteiger partial charge is 0.391 e. The van der Waals surface area contributed by atoms with E-state index in [4.69, 9.17) is 0 Å². The van der Waals surface area contributed by atoms with Gasteiger partial charge in [0.1, 0.15) is 0 Å². The van der Waals surface area contributed by atoms with E-state index in [1.807, 2.05) is 30.3 Å². The maximum absolute atomic E-state index is 11.6. The Morgan fingerprint density at radius 2 is 2.10 bits per heavy atom. The first-order valence-corrected chi connectivity index (χ1v) is 7.35. The molecular weight excluding hydrogens is 288 g/mol. The van der Waals surface area contributed by atoms with E-state index in [-0.39, 0.29) is 5.56 Å². The van der Waals surface area contributed by atoms with Gasteiger partial charge in [-0.2, -0.15) is 4.52 Å². The molecular formula is C14H14N4O2S. The molecule has 0 bridgehead atoms. The number of rotatable bonds is 5. The van der Waals surface area contributed by atoms with Crippen LogP contribution in [0.3, 0.4) is 0 Å². The maximum Gasteiger partial charge on any atom is 0.275 e. The van der Waals surface area contributed by atoms with Gasteiger partial charge in [-0.05, 0) is 5.56 Å². The van der Waals surface area contributed by atoms with Crippen LogP contribution in [0, 0.1) is 0 Å². The van der Waals surface area contributed by atoms with E-state index in [9.17, 15) is 9.90 Å². The van der Waals surface area contributed by atoms with Gasteiger partial charge in [0.2, 0.25) is 10.1 Å². The summed E-state index contributed by atoms with van der Waals surface area (Å²) >= 11 is 1.28. The molecule has 6 nitrogen and oxygen atoms in total. The fraction of sp³-hybridized carbons (Fsp3) is 0.214. The third kappa shape index (κ3) is 3.26. The molecule has 1 aromatic carbocycles. The van der Waals surface area contributed by atoms with Crippen molar-refractivity contribution in [2.45, 2.75) is 12.5 Å². The zero-order valence-corrected chi connectivity index (χ0v) is 12.0. The Balaban J connectivity index is 1.63.